The molecular formula is C14H35ClN2. The Kier molecular flexibility index (Phi) is 33.1. The molecule has 0 atom stereocenters. The summed E-state index contributed by atoms with van der Waals surface area (Å²) in [6.45, 7) is 6.18. The van der Waals surface area contributed by atoms with E-state index in [0.29, 0.717) is 0 Å². The Labute approximate surface area is 115 Å². The van der Waals surface area contributed by atoms with Crippen LogP contribution in [0.5, 0.6) is 0 Å². The fourth-order valence-corrected chi connectivity index (χ4v) is 1.50. The van der Waals surface area contributed by atoms with Crippen molar-refractivity contribution in [2.24, 2.45) is 11.5 Å². The standard InChI is InChI=1S/2C7H17N.ClH/c2*1-2-3-4-5-6-7-8;/h2*2-8H2,1H3;1H. The van der Waals surface area contributed by atoms with Gasteiger partial charge in [-0.15, -0.1) is 12.4 Å². The molecule has 0 aliphatic heterocycles. The van der Waals surface area contributed by atoms with Crippen LogP contribution in [0.25, 0.3) is 0 Å². The molecule has 108 valence electrons. The van der Waals surface area contributed by atoms with E-state index >= 15 is 0 Å². The van der Waals surface area contributed by atoms with E-state index in [9.17, 15) is 0 Å². The van der Waals surface area contributed by atoms with Gasteiger partial charge in [0.05, 0.1) is 0 Å². The summed E-state index contributed by atoms with van der Waals surface area (Å²) in [5.74, 6) is 0. The van der Waals surface area contributed by atoms with E-state index < -0.39 is 0 Å². The summed E-state index contributed by atoms with van der Waals surface area (Å²) in [5.41, 5.74) is 10.6. The highest BCUT2D eigenvalue weighted by atomic mass is 35.5. The molecule has 0 spiro atoms. The molecular weight excluding hydrogens is 232 g/mol. The average Bonchev–Trinajstić information content (AvgIpc) is 2.31. The third kappa shape index (κ3) is 31.4. The lowest BCUT2D eigenvalue weighted by molar-refractivity contribution is 0.638. The first-order chi connectivity index (χ1) is 7.83. The number of halogens is 1. The van der Waals surface area contributed by atoms with Gasteiger partial charge in [-0.2, -0.15) is 0 Å². The molecule has 0 fully saturated rings. The molecule has 0 aromatic heterocycles. The summed E-state index contributed by atoms with van der Waals surface area (Å²) in [6, 6.07) is 0. The molecule has 0 saturated carbocycles. The minimum atomic E-state index is 0. The maximum absolute atomic E-state index is 5.31. The molecule has 0 aliphatic rings. The number of rotatable bonds is 10. The van der Waals surface area contributed by atoms with E-state index in [1.165, 1.54) is 64.2 Å². The molecule has 0 heterocycles. The molecule has 0 aromatic rings. The minimum absolute atomic E-state index is 0. The predicted octanol–water partition coefficient (Wildman–Crippen LogP) is 4.25. The van der Waals surface area contributed by atoms with Crippen molar-refractivity contribution in [2.45, 2.75) is 78.1 Å². The highest BCUT2D eigenvalue weighted by molar-refractivity contribution is 5.85. The van der Waals surface area contributed by atoms with Gasteiger partial charge in [0.25, 0.3) is 0 Å². The summed E-state index contributed by atoms with van der Waals surface area (Å²) in [6.07, 6.45) is 13.2. The first-order valence-corrected chi connectivity index (χ1v) is 7.23. The second-order valence-corrected chi connectivity index (χ2v) is 4.41. The first kappa shape index (κ1) is 22.4. The lowest BCUT2D eigenvalue weighted by Crippen LogP contribution is -1.97. The lowest BCUT2D eigenvalue weighted by atomic mass is 10.2. The van der Waals surface area contributed by atoms with E-state index in [1.807, 2.05) is 0 Å². The normalized spacial score (nSPS) is 9.18. The van der Waals surface area contributed by atoms with Crippen LogP contribution in [0.15, 0.2) is 0 Å². The van der Waals surface area contributed by atoms with Crippen LogP contribution in [-0.2, 0) is 0 Å². The number of nitrogens with two attached hydrogens (primary N) is 2. The van der Waals surface area contributed by atoms with Crippen LogP contribution < -0.4 is 11.5 Å². The topological polar surface area (TPSA) is 52.0 Å². The summed E-state index contributed by atoms with van der Waals surface area (Å²) >= 11 is 0. The predicted molar refractivity (Wildman–Crippen MR) is 82.9 cm³/mol. The molecule has 0 aliphatic carbocycles. The van der Waals surface area contributed by atoms with Crippen LogP contribution in [0.3, 0.4) is 0 Å². The van der Waals surface area contributed by atoms with Gasteiger partial charge < -0.3 is 11.5 Å². The Morgan fingerprint density at radius 2 is 0.824 bits per heavy atom. The molecule has 0 aromatic carbocycles. The van der Waals surface area contributed by atoms with Crippen LogP contribution in [0, 0.1) is 0 Å². The van der Waals surface area contributed by atoms with Crippen molar-refractivity contribution in [3.8, 4) is 0 Å². The molecule has 0 unspecified atom stereocenters. The van der Waals surface area contributed by atoms with Gasteiger partial charge in [-0.1, -0.05) is 65.2 Å². The summed E-state index contributed by atoms with van der Waals surface area (Å²) in [4.78, 5) is 0. The summed E-state index contributed by atoms with van der Waals surface area (Å²) in [7, 11) is 0. The van der Waals surface area contributed by atoms with Gasteiger partial charge in [-0.3, -0.25) is 0 Å². The number of unbranched alkanes of at least 4 members (excludes halogenated alkanes) is 8. The number of hydrogen-bond acceptors (Lipinski definition) is 2. The average molecular weight is 267 g/mol. The highest BCUT2D eigenvalue weighted by Crippen LogP contribution is 2.00. The third-order valence-electron chi connectivity index (χ3n) is 2.62. The zero-order valence-corrected chi connectivity index (χ0v) is 12.9. The van der Waals surface area contributed by atoms with Crippen molar-refractivity contribution in [3.63, 3.8) is 0 Å². The van der Waals surface area contributed by atoms with Crippen molar-refractivity contribution in [1.82, 2.24) is 0 Å². The highest BCUT2D eigenvalue weighted by Gasteiger charge is 1.84. The quantitative estimate of drug-likeness (QED) is 0.581. The van der Waals surface area contributed by atoms with Crippen LogP contribution in [0.4, 0.5) is 0 Å². The van der Waals surface area contributed by atoms with Gasteiger partial charge in [0.2, 0.25) is 0 Å². The molecule has 0 amide bonds. The maximum Gasteiger partial charge on any atom is -0.00773 e. The summed E-state index contributed by atoms with van der Waals surface area (Å²) in [5, 5.41) is 0. The zero-order chi connectivity index (χ0) is 12.5. The monoisotopic (exact) mass is 266 g/mol. The zero-order valence-electron chi connectivity index (χ0n) is 12.0. The van der Waals surface area contributed by atoms with Gasteiger partial charge in [-0.05, 0) is 25.9 Å². The number of hydrogen-bond donors (Lipinski definition) is 2. The third-order valence-corrected chi connectivity index (χ3v) is 2.62. The van der Waals surface area contributed by atoms with Crippen molar-refractivity contribution in [2.75, 3.05) is 13.1 Å². The maximum atomic E-state index is 5.31. The molecule has 3 heteroatoms. The van der Waals surface area contributed by atoms with Gasteiger partial charge in [0, 0.05) is 0 Å². The molecule has 2 nitrogen and oxygen atoms in total. The molecule has 0 rings (SSSR count). The van der Waals surface area contributed by atoms with Crippen molar-refractivity contribution in [1.29, 1.82) is 0 Å². The second kappa shape index (κ2) is 25.2. The fraction of sp³-hybridized carbons (Fsp3) is 1.00. The SMILES string of the molecule is CCCCCCCN.CCCCCCCN.Cl. The first-order valence-electron chi connectivity index (χ1n) is 7.23. The van der Waals surface area contributed by atoms with Crippen LogP contribution >= 0.6 is 12.4 Å². The van der Waals surface area contributed by atoms with E-state index in [0.717, 1.165) is 13.1 Å². The molecule has 0 radical (unpaired) electrons. The van der Waals surface area contributed by atoms with E-state index in [-0.39, 0.29) is 12.4 Å². The molecule has 0 saturated heterocycles. The fourth-order valence-electron chi connectivity index (χ4n) is 1.50. The molecule has 17 heavy (non-hydrogen) atoms. The van der Waals surface area contributed by atoms with Gasteiger partial charge in [-0.25, -0.2) is 0 Å². The molecule has 0 bridgehead atoms. The van der Waals surface area contributed by atoms with E-state index in [2.05, 4.69) is 13.8 Å². The Hall–Kier alpha value is 0.210. The smallest absolute Gasteiger partial charge is 0.00773 e. The van der Waals surface area contributed by atoms with E-state index in [1.54, 1.807) is 0 Å². The van der Waals surface area contributed by atoms with Gasteiger partial charge in [0.15, 0.2) is 0 Å². The Balaban J connectivity index is -0.000000218. The van der Waals surface area contributed by atoms with Crippen LogP contribution in [0.2, 0.25) is 0 Å². The van der Waals surface area contributed by atoms with Gasteiger partial charge >= 0.3 is 0 Å². The van der Waals surface area contributed by atoms with Crippen molar-refractivity contribution < 1.29 is 0 Å². The summed E-state index contributed by atoms with van der Waals surface area (Å²) < 4.78 is 0. The minimum Gasteiger partial charge on any atom is -0.330 e. The van der Waals surface area contributed by atoms with Crippen molar-refractivity contribution >= 4 is 12.4 Å². The Morgan fingerprint density at radius 3 is 1.06 bits per heavy atom. The van der Waals surface area contributed by atoms with Crippen LogP contribution in [0.1, 0.15) is 78.1 Å². The Morgan fingerprint density at radius 1 is 0.529 bits per heavy atom. The van der Waals surface area contributed by atoms with Crippen LogP contribution in [-0.4, -0.2) is 13.1 Å². The van der Waals surface area contributed by atoms with E-state index in [4.69, 9.17) is 11.5 Å². The van der Waals surface area contributed by atoms with Crippen molar-refractivity contribution in [3.05, 3.63) is 0 Å². The molecule has 4 N–H and O–H groups in total. The van der Waals surface area contributed by atoms with Gasteiger partial charge in [0.1, 0.15) is 0 Å². The largest absolute Gasteiger partial charge is 0.330 e. The lowest BCUT2D eigenvalue weighted by Gasteiger charge is -1.93. The Bertz CT molecular complexity index is 76.2. The second-order valence-electron chi connectivity index (χ2n) is 4.41.